The molecule has 0 spiro atoms. The molecule has 0 heterocycles. The Bertz CT molecular complexity index is 378. The van der Waals surface area contributed by atoms with Gasteiger partial charge in [-0.1, -0.05) is 0 Å². The van der Waals surface area contributed by atoms with Crippen molar-refractivity contribution in [2.24, 2.45) is 0 Å². The maximum absolute atomic E-state index is 9.00. The van der Waals surface area contributed by atoms with Crippen LogP contribution in [-0.4, -0.2) is 88.6 Å². The van der Waals surface area contributed by atoms with E-state index in [1.165, 1.54) is 0 Å². The van der Waals surface area contributed by atoms with E-state index < -0.39 is 47.8 Å². The van der Waals surface area contributed by atoms with Crippen LogP contribution in [0, 0.1) is 0 Å². The summed E-state index contributed by atoms with van der Waals surface area (Å²) in [7, 11) is 0. The molecule has 36 heavy (non-hydrogen) atoms. The van der Waals surface area contributed by atoms with E-state index in [0.717, 1.165) is 55.4 Å². The number of carboxylic acid groups (broad SMARTS) is 8. The largest absolute Gasteiger partial charge is 0.481 e. The van der Waals surface area contributed by atoms with Gasteiger partial charge in [0.25, 0.3) is 47.8 Å². The van der Waals surface area contributed by atoms with Crippen molar-refractivity contribution in [1.29, 1.82) is 0 Å². The Morgan fingerprint density at radius 3 is 0.250 bits per heavy atom. The van der Waals surface area contributed by atoms with Gasteiger partial charge in [-0.25, -0.2) is 0 Å². The summed E-state index contributed by atoms with van der Waals surface area (Å²) in [5.74, 6) is -6.67. The van der Waals surface area contributed by atoms with Gasteiger partial charge in [0.05, 0.1) is 0 Å². The normalized spacial score (nSPS) is 5.56. The number of hydrogen-bond acceptors (Lipinski definition) is 8. The molecule has 0 bridgehead atoms. The Morgan fingerprint density at radius 2 is 0.250 bits per heavy atom. The van der Waals surface area contributed by atoms with E-state index in [-0.39, 0.29) is 68.3 Å². The molecule has 0 unspecified atom stereocenters. The first-order valence-electron chi connectivity index (χ1n) is 7.42. The monoisotopic (exact) mass is 732 g/mol. The third-order valence-electron chi connectivity index (χ3n) is 0. The van der Waals surface area contributed by atoms with Crippen molar-refractivity contribution in [2.45, 2.75) is 55.4 Å². The molecule has 236 valence electrons. The predicted molar refractivity (Wildman–Crippen MR) is 106 cm³/mol. The zero-order valence-corrected chi connectivity index (χ0v) is 23.8. The molecule has 0 aromatic carbocycles. The fourth-order valence-corrected chi connectivity index (χ4v) is 0. The quantitative estimate of drug-likeness (QED) is 0.159. The fraction of sp³-hybridized carbons (Fsp3) is 0.500. The molecule has 0 aliphatic heterocycles. The average Bonchev–Trinajstić information content (AvgIpc) is 2.30. The van der Waals surface area contributed by atoms with E-state index in [0.29, 0.717) is 0 Å². The molecule has 20 heteroatoms. The van der Waals surface area contributed by atoms with Crippen molar-refractivity contribution in [2.75, 3.05) is 0 Å². The summed E-state index contributed by atoms with van der Waals surface area (Å²) in [6.07, 6.45) is 0. The van der Waals surface area contributed by atoms with Gasteiger partial charge in [-0.05, 0) is 0 Å². The first-order chi connectivity index (χ1) is 13.9. The summed E-state index contributed by atoms with van der Waals surface area (Å²) < 4.78 is 0. The summed E-state index contributed by atoms with van der Waals surface area (Å²) in [6.45, 7) is 8.67. The minimum Gasteiger partial charge on any atom is -0.481 e. The average molecular weight is 735 g/mol. The van der Waals surface area contributed by atoms with Gasteiger partial charge in [0.15, 0.2) is 0 Å². The number of hydrogen-bond donors (Lipinski definition) is 8. The van der Waals surface area contributed by atoms with Gasteiger partial charge in [-0.2, -0.15) is 0 Å². The van der Waals surface area contributed by atoms with E-state index >= 15 is 0 Å². The standard InChI is InChI=1S/8C2H4O2.4Cu/c8*1-2(3)4;;;;/h8*1H3,(H,3,4);;;;. The third kappa shape index (κ3) is 6480. The first kappa shape index (κ1) is 76.5. The number of carboxylic acids is 8. The molecule has 8 N–H and O–H groups in total. The predicted octanol–water partition coefficient (Wildman–Crippen LogP) is 0.717. The fourth-order valence-electron chi connectivity index (χ4n) is 0. The Labute approximate surface area is 249 Å². The van der Waals surface area contributed by atoms with Crippen LogP contribution in [0.15, 0.2) is 0 Å². The second-order valence-electron chi connectivity index (χ2n) is 4.15. The summed E-state index contributed by atoms with van der Waals surface area (Å²) >= 11 is 0. The zero-order chi connectivity index (χ0) is 28.6. The van der Waals surface area contributed by atoms with E-state index in [1.54, 1.807) is 0 Å². The minimum atomic E-state index is -0.833. The summed E-state index contributed by atoms with van der Waals surface area (Å²) in [5.41, 5.74) is 0. The molecular weight excluding hydrogens is 702 g/mol. The molecule has 0 aliphatic carbocycles. The molecule has 0 fully saturated rings. The van der Waals surface area contributed by atoms with Crippen LogP contribution in [0.3, 0.4) is 0 Å². The molecule has 16 nitrogen and oxygen atoms in total. The van der Waals surface area contributed by atoms with Gasteiger partial charge in [-0.15, -0.1) is 0 Å². The molecular formula is C16H32Cu4O16. The SMILES string of the molecule is CC(=O)O.CC(=O)O.CC(=O)O.CC(=O)O.CC(=O)O.CC(=O)O.CC(=O)O.CC(=O)O.[Cu].[Cu].[Cu].[Cu]. The second-order valence-corrected chi connectivity index (χ2v) is 4.15. The van der Waals surface area contributed by atoms with Crippen molar-refractivity contribution < 1.29 is 147 Å². The topological polar surface area (TPSA) is 298 Å². The Balaban J connectivity index is -0.0000000180. The molecule has 0 atom stereocenters. The van der Waals surface area contributed by atoms with E-state index in [1.807, 2.05) is 0 Å². The molecule has 0 aromatic rings. The van der Waals surface area contributed by atoms with Gasteiger partial charge >= 0.3 is 0 Å². The van der Waals surface area contributed by atoms with Crippen LogP contribution in [0.4, 0.5) is 0 Å². The number of aliphatic carboxylic acids is 8. The smallest absolute Gasteiger partial charge is 0.300 e. The molecule has 0 aliphatic rings. The summed E-state index contributed by atoms with van der Waals surface area (Å²) in [6, 6.07) is 0. The van der Waals surface area contributed by atoms with Crippen LogP contribution in [-0.2, 0) is 107 Å². The van der Waals surface area contributed by atoms with Crippen LogP contribution >= 0.6 is 0 Å². The van der Waals surface area contributed by atoms with Crippen LogP contribution < -0.4 is 0 Å². The molecule has 0 aromatic heterocycles. The zero-order valence-electron chi connectivity index (χ0n) is 20.0. The van der Waals surface area contributed by atoms with Crippen molar-refractivity contribution >= 4 is 47.8 Å². The maximum Gasteiger partial charge on any atom is 0.300 e. The number of carbonyl (C=O) groups is 8. The summed E-state index contributed by atoms with van der Waals surface area (Å²) in [5, 5.41) is 59.3. The Hall–Kier alpha value is -2.16. The molecule has 0 rings (SSSR count). The molecule has 0 saturated heterocycles. The second kappa shape index (κ2) is 69.8. The molecule has 0 saturated carbocycles. The van der Waals surface area contributed by atoms with E-state index in [9.17, 15) is 0 Å². The molecule has 0 amide bonds. The number of rotatable bonds is 0. The molecule has 4 radical (unpaired) electrons. The minimum absolute atomic E-state index is 0. The van der Waals surface area contributed by atoms with Gasteiger partial charge in [0.2, 0.25) is 0 Å². The van der Waals surface area contributed by atoms with Crippen molar-refractivity contribution in [3.8, 4) is 0 Å². The van der Waals surface area contributed by atoms with Crippen LogP contribution in [0.2, 0.25) is 0 Å². The van der Waals surface area contributed by atoms with Crippen molar-refractivity contribution in [3.05, 3.63) is 0 Å². The van der Waals surface area contributed by atoms with Gasteiger partial charge in [-0.3, -0.25) is 38.4 Å². The Kier molecular flexibility index (Phi) is 148. The maximum atomic E-state index is 9.00. The van der Waals surface area contributed by atoms with E-state index in [4.69, 9.17) is 79.2 Å². The van der Waals surface area contributed by atoms with Gasteiger partial charge < -0.3 is 40.9 Å². The van der Waals surface area contributed by atoms with Crippen LogP contribution in [0.5, 0.6) is 0 Å². The van der Waals surface area contributed by atoms with Gasteiger partial charge in [0.1, 0.15) is 0 Å². The Morgan fingerprint density at radius 1 is 0.250 bits per heavy atom. The first-order valence-corrected chi connectivity index (χ1v) is 7.42. The van der Waals surface area contributed by atoms with Crippen molar-refractivity contribution in [1.82, 2.24) is 0 Å². The van der Waals surface area contributed by atoms with E-state index in [2.05, 4.69) is 0 Å². The summed E-state index contributed by atoms with van der Waals surface area (Å²) in [4.78, 5) is 72.0. The van der Waals surface area contributed by atoms with Crippen LogP contribution in [0.1, 0.15) is 55.4 Å². The third-order valence-corrected chi connectivity index (χ3v) is 0. The van der Waals surface area contributed by atoms with Crippen LogP contribution in [0.25, 0.3) is 0 Å². The van der Waals surface area contributed by atoms with Crippen molar-refractivity contribution in [3.63, 3.8) is 0 Å². The van der Waals surface area contributed by atoms with Gasteiger partial charge in [0, 0.05) is 124 Å².